The highest BCUT2D eigenvalue weighted by atomic mass is 31.2. The molecule has 2 aromatic heterocycles. The molecule has 5 N–H and O–H groups in total. The molecule has 1 aliphatic rings. The summed E-state index contributed by atoms with van der Waals surface area (Å²) in [5, 5.41) is 0. The van der Waals surface area contributed by atoms with Crippen LogP contribution in [0.15, 0.2) is 11.1 Å². The van der Waals surface area contributed by atoms with E-state index in [1.807, 2.05) is 0 Å². The molecule has 2 aromatic rings. The predicted molar refractivity (Wildman–Crippen MR) is 78.7 cm³/mol. The molecule has 2 atom stereocenters. The van der Waals surface area contributed by atoms with Gasteiger partial charge in [-0.2, -0.15) is 9.55 Å². The van der Waals surface area contributed by atoms with Crippen LogP contribution in [0.1, 0.15) is 6.23 Å². The smallest absolute Gasteiger partial charge is 0.372 e. The molecular formula is C11H17N5O7P+. The van der Waals surface area contributed by atoms with Crippen molar-refractivity contribution in [3.8, 4) is 0 Å². The third-order valence-electron chi connectivity index (χ3n) is 3.44. The van der Waals surface area contributed by atoms with Gasteiger partial charge < -0.3 is 25.0 Å². The van der Waals surface area contributed by atoms with Gasteiger partial charge in [-0.15, -0.1) is 0 Å². The van der Waals surface area contributed by atoms with Gasteiger partial charge in [-0.3, -0.25) is 14.3 Å². The molecule has 0 radical (unpaired) electrons. The van der Waals surface area contributed by atoms with Crippen LogP contribution in [0.5, 0.6) is 0 Å². The number of fused-ring (bicyclic) bond motifs is 1. The van der Waals surface area contributed by atoms with E-state index in [9.17, 15) is 9.36 Å². The highest BCUT2D eigenvalue weighted by Crippen LogP contribution is 2.36. The lowest BCUT2D eigenvalue weighted by molar-refractivity contribution is -0.646. The van der Waals surface area contributed by atoms with Gasteiger partial charge in [0.2, 0.25) is 18.5 Å². The molecule has 0 aliphatic carbocycles. The molecule has 1 fully saturated rings. The summed E-state index contributed by atoms with van der Waals surface area (Å²) in [5.74, 6) is -0.0365. The summed E-state index contributed by atoms with van der Waals surface area (Å²) in [6.45, 7) is -0.0369. The zero-order chi connectivity index (χ0) is 17.5. The molecule has 1 saturated heterocycles. The zero-order valence-corrected chi connectivity index (χ0v) is 13.5. The van der Waals surface area contributed by atoms with Crippen LogP contribution >= 0.6 is 7.82 Å². The number of imidazole rings is 1. The fourth-order valence-electron chi connectivity index (χ4n) is 2.49. The molecule has 12 nitrogen and oxygen atoms in total. The fraction of sp³-hybridized carbons (Fsp3) is 0.545. The zero-order valence-electron chi connectivity index (χ0n) is 12.7. The normalized spacial score (nSPS) is 22.1. The number of nitrogen functional groups attached to an aromatic ring is 1. The number of ether oxygens (including phenoxy) is 2. The van der Waals surface area contributed by atoms with Gasteiger partial charge in [-0.05, 0) is 0 Å². The fourth-order valence-corrected chi connectivity index (χ4v) is 2.85. The molecule has 13 heteroatoms. The van der Waals surface area contributed by atoms with Gasteiger partial charge in [0.25, 0.3) is 11.2 Å². The summed E-state index contributed by atoms with van der Waals surface area (Å²) < 4.78 is 29.5. The van der Waals surface area contributed by atoms with E-state index in [0.29, 0.717) is 11.2 Å². The molecule has 24 heavy (non-hydrogen) atoms. The Hall–Kier alpha value is -1.82. The highest BCUT2D eigenvalue weighted by Gasteiger charge is 2.33. The van der Waals surface area contributed by atoms with Crippen LogP contribution in [0, 0.1) is 0 Å². The number of hydrogen-bond acceptors (Lipinski definition) is 7. The van der Waals surface area contributed by atoms with Crippen molar-refractivity contribution in [2.75, 3.05) is 25.6 Å². The minimum absolute atomic E-state index is 0.0365. The quantitative estimate of drug-likeness (QED) is 0.361. The molecule has 1 unspecified atom stereocenters. The van der Waals surface area contributed by atoms with Crippen LogP contribution in [-0.4, -0.2) is 50.2 Å². The van der Waals surface area contributed by atoms with Crippen LogP contribution in [0.25, 0.3) is 11.2 Å². The number of aromatic nitrogens is 4. The largest absolute Gasteiger partial charge is 0.469 e. The standard InChI is InChI=1S/C11H16N5O7P/c1-15-5-16(9-8(15)10(17)14-11(12)13-9)7-4-21-2-6(23-7)3-22-24(18,19)20/h5-7H,2-4H2,1H3,(H4-,12,13,14,17,18,19,20)/p+1/t6-,7?/m0/s1. The Bertz CT molecular complexity index is 858. The average molecular weight is 362 g/mol. The van der Waals surface area contributed by atoms with Gasteiger partial charge in [-0.1, -0.05) is 0 Å². The SMILES string of the molecule is C[n+]1cn(C2COC[C@@H](COP(=O)(O)O)O2)c2nc(N)[nH]c(=O)c21. The first kappa shape index (κ1) is 17.0. The van der Waals surface area contributed by atoms with E-state index in [4.69, 9.17) is 25.0 Å². The third kappa shape index (κ3) is 3.48. The van der Waals surface area contributed by atoms with Crippen molar-refractivity contribution >= 4 is 24.9 Å². The first-order valence-corrected chi connectivity index (χ1v) is 8.47. The van der Waals surface area contributed by atoms with Crippen LogP contribution in [0.2, 0.25) is 0 Å². The molecule has 0 bridgehead atoms. The number of phosphoric acid groups is 1. The van der Waals surface area contributed by atoms with Crippen molar-refractivity contribution in [1.82, 2.24) is 14.5 Å². The molecular weight excluding hydrogens is 345 g/mol. The predicted octanol–water partition coefficient (Wildman–Crippen LogP) is -1.85. The Morgan fingerprint density at radius 1 is 1.58 bits per heavy atom. The Labute approximate surface area is 135 Å². The van der Waals surface area contributed by atoms with Gasteiger partial charge in [0.1, 0.15) is 12.7 Å². The number of rotatable bonds is 4. The van der Waals surface area contributed by atoms with Crippen molar-refractivity contribution in [2.45, 2.75) is 12.3 Å². The molecule has 0 amide bonds. The number of nitrogens with two attached hydrogens (primary N) is 1. The Kier molecular flexibility index (Phi) is 4.42. The second-order valence-corrected chi connectivity index (χ2v) is 6.53. The molecule has 1 aliphatic heterocycles. The lowest BCUT2D eigenvalue weighted by atomic mass is 10.3. The lowest BCUT2D eigenvalue weighted by Gasteiger charge is -2.27. The van der Waals surface area contributed by atoms with Crippen molar-refractivity contribution in [3.63, 3.8) is 0 Å². The molecule has 132 valence electrons. The van der Waals surface area contributed by atoms with Gasteiger partial charge in [0.15, 0.2) is 0 Å². The second kappa shape index (κ2) is 6.24. The molecule has 0 aromatic carbocycles. The lowest BCUT2D eigenvalue weighted by Crippen LogP contribution is -2.37. The Balaban J connectivity index is 1.87. The number of phosphoric ester groups is 1. The number of hydrogen-bond donors (Lipinski definition) is 4. The van der Waals surface area contributed by atoms with Crippen molar-refractivity contribution < 1.29 is 32.9 Å². The number of aryl methyl sites for hydroxylation is 1. The van der Waals surface area contributed by atoms with Gasteiger partial charge in [-0.25, -0.2) is 9.13 Å². The summed E-state index contributed by atoms with van der Waals surface area (Å²) >= 11 is 0. The van der Waals surface area contributed by atoms with E-state index in [1.54, 1.807) is 22.5 Å². The van der Waals surface area contributed by atoms with Crippen LogP contribution in [-0.2, 0) is 25.6 Å². The number of nitrogens with zero attached hydrogens (tertiary/aromatic N) is 3. The summed E-state index contributed by atoms with van der Waals surface area (Å²) in [4.78, 5) is 36.1. The van der Waals surface area contributed by atoms with Crippen molar-refractivity contribution in [1.29, 1.82) is 0 Å². The Morgan fingerprint density at radius 2 is 2.33 bits per heavy atom. The Morgan fingerprint density at radius 3 is 3.04 bits per heavy atom. The van der Waals surface area contributed by atoms with E-state index in [0.717, 1.165) is 0 Å². The van der Waals surface area contributed by atoms with Crippen molar-refractivity contribution in [3.05, 3.63) is 16.7 Å². The summed E-state index contributed by atoms with van der Waals surface area (Å²) in [6.07, 6.45) is 0.270. The number of aromatic amines is 1. The maximum absolute atomic E-state index is 12.0. The van der Waals surface area contributed by atoms with Gasteiger partial charge in [0.05, 0.1) is 20.3 Å². The van der Waals surface area contributed by atoms with E-state index in [2.05, 4.69) is 14.5 Å². The van der Waals surface area contributed by atoms with Crippen LogP contribution in [0.4, 0.5) is 5.95 Å². The maximum Gasteiger partial charge on any atom is 0.469 e. The molecule has 0 spiro atoms. The number of anilines is 1. The second-order valence-electron chi connectivity index (χ2n) is 5.29. The van der Waals surface area contributed by atoms with Gasteiger partial charge in [0, 0.05) is 0 Å². The first-order valence-electron chi connectivity index (χ1n) is 6.94. The van der Waals surface area contributed by atoms with Crippen LogP contribution < -0.4 is 15.9 Å². The van der Waals surface area contributed by atoms with E-state index >= 15 is 0 Å². The summed E-state index contributed by atoms with van der Waals surface area (Å²) in [6, 6.07) is 0. The minimum Gasteiger partial charge on any atom is -0.372 e. The first-order chi connectivity index (χ1) is 11.2. The van der Waals surface area contributed by atoms with E-state index < -0.39 is 25.7 Å². The molecule has 3 heterocycles. The molecule has 0 saturated carbocycles. The highest BCUT2D eigenvalue weighted by molar-refractivity contribution is 7.46. The average Bonchev–Trinajstić information content (AvgIpc) is 2.82. The third-order valence-corrected chi connectivity index (χ3v) is 3.93. The van der Waals surface area contributed by atoms with Crippen LogP contribution in [0.3, 0.4) is 0 Å². The van der Waals surface area contributed by atoms with Gasteiger partial charge >= 0.3 is 13.4 Å². The summed E-state index contributed by atoms with van der Waals surface area (Å²) in [7, 11) is -2.92. The topological polar surface area (TPSA) is 166 Å². The molecule has 3 rings (SSSR count). The summed E-state index contributed by atoms with van der Waals surface area (Å²) in [5.41, 5.74) is 5.81. The van der Waals surface area contributed by atoms with Crippen molar-refractivity contribution in [2.24, 2.45) is 7.05 Å². The van der Waals surface area contributed by atoms with E-state index in [1.165, 1.54) is 0 Å². The number of H-pyrrole nitrogens is 1. The minimum atomic E-state index is -4.59. The maximum atomic E-state index is 12.0. The number of nitrogens with one attached hydrogen (secondary N) is 1. The monoisotopic (exact) mass is 362 g/mol. The van der Waals surface area contributed by atoms with E-state index in [-0.39, 0.29) is 25.8 Å².